The SMILES string of the molecule is Cc1ccc(CN(CCC(=O)Nc2cc(C)cc(C)c2)S(C)(=O)=O)cc1. The standard InChI is InChI=1S/C20H26N2O3S/c1-15-5-7-18(8-6-15)14-22(26(4,24)25)10-9-20(23)21-19-12-16(2)11-17(3)13-19/h5-8,11-13H,9-10,14H2,1-4H3,(H,21,23). The third-order valence-corrected chi connectivity index (χ3v) is 5.29. The Hall–Kier alpha value is -2.18. The van der Waals surface area contributed by atoms with Gasteiger partial charge < -0.3 is 5.32 Å². The van der Waals surface area contributed by atoms with Crippen molar-refractivity contribution in [2.75, 3.05) is 18.1 Å². The van der Waals surface area contributed by atoms with E-state index in [1.54, 1.807) is 0 Å². The largest absolute Gasteiger partial charge is 0.326 e. The third-order valence-electron chi connectivity index (χ3n) is 4.04. The zero-order valence-electron chi connectivity index (χ0n) is 15.7. The van der Waals surface area contributed by atoms with Gasteiger partial charge in [-0.25, -0.2) is 8.42 Å². The van der Waals surface area contributed by atoms with E-state index < -0.39 is 10.0 Å². The summed E-state index contributed by atoms with van der Waals surface area (Å²) >= 11 is 0. The van der Waals surface area contributed by atoms with E-state index >= 15 is 0 Å². The molecule has 0 spiro atoms. The van der Waals surface area contributed by atoms with Crippen LogP contribution in [0.1, 0.15) is 28.7 Å². The van der Waals surface area contributed by atoms with Gasteiger partial charge in [0.15, 0.2) is 0 Å². The van der Waals surface area contributed by atoms with Crippen molar-refractivity contribution in [1.29, 1.82) is 0 Å². The maximum atomic E-state index is 12.2. The van der Waals surface area contributed by atoms with Crippen LogP contribution in [0.2, 0.25) is 0 Å². The number of carbonyl (C=O) groups excluding carboxylic acids is 1. The number of carbonyl (C=O) groups is 1. The lowest BCUT2D eigenvalue weighted by molar-refractivity contribution is -0.116. The number of nitrogens with zero attached hydrogens (tertiary/aromatic N) is 1. The third kappa shape index (κ3) is 6.28. The minimum atomic E-state index is -3.40. The zero-order valence-corrected chi connectivity index (χ0v) is 16.6. The van der Waals surface area contributed by atoms with E-state index in [-0.39, 0.29) is 25.4 Å². The number of nitrogens with one attached hydrogen (secondary N) is 1. The molecular weight excluding hydrogens is 348 g/mol. The smallest absolute Gasteiger partial charge is 0.225 e. The van der Waals surface area contributed by atoms with Crippen LogP contribution in [0.5, 0.6) is 0 Å². The van der Waals surface area contributed by atoms with Crippen LogP contribution in [0.4, 0.5) is 5.69 Å². The number of amides is 1. The van der Waals surface area contributed by atoms with Gasteiger partial charge in [0.1, 0.15) is 0 Å². The van der Waals surface area contributed by atoms with Gasteiger partial charge in [-0.2, -0.15) is 4.31 Å². The second kappa shape index (κ2) is 8.47. The molecule has 0 aromatic heterocycles. The molecule has 0 aliphatic heterocycles. The quantitative estimate of drug-likeness (QED) is 0.808. The molecule has 2 aromatic rings. The highest BCUT2D eigenvalue weighted by atomic mass is 32.2. The summed E-state index contributed by atoms with van der Waals surface area (Å²) in [6.45, 7) is 6.32. The van der Waals surface area contributed by atoms with Gasteiger partial charge in [-0.3, -0.25) is 4.79 Å². The highest BCUT2D eigenvalue weighted by Crippen LogP contribution is 2.15. The van der Waals surface area contributed by atoms with Gasteiger partial charge >= 0.3 is 0 Å². The molecule has 2 rings (SSSR count). The minimum Gasteiger partial charge on any atom is -0.326 e. The Morgan fingerprint density at radius 1 is 0.962 bits per heavy atom. The number of sulfonamides is 1. The zero-order chi connectivity index (χ0) is 19.3. The lowest BCUT2D eigenvalue weighted by Crippen LogP contribution is -2.32. The van der Waals surface area contributed by atoms with Crippen LogP contribution in [-0.4, -0.2) is 31.4 Å². The lowest BCUT2D eigenvalue weighted by atomic mass is 10.1. The fraction of sp³-hybridized carbons (Fsp3) is 0.350. The van der Waals surface area contributed by atoms with Crippen LogP contribution in [0, 0.1) is 20.8 Å². The summed E-state index contributed by atoms with van der Waals surface area (Å²) in [5, 5.41) is 2.84. The molecule has 0 atom stereocenters. The molecule has 140 valence electrons. The van der Waals surface area contributed by atoms with Crippen molar-refractivity contribution >= 4 is 21.6 Å². The number of rotatable bonds is 7. The highest BCUT2D eigenvalue weighted by molar-refractivity contribution is 7.88. The van der Waals surface area contributed by atoms with E-state index in [4.69, 9.17) is 0 Å². The lowest BCUT2D eigenvalue weighted by Gasteiger charge is -2.20. The maximum absolute atomic E-state index is 12.2. The summed E-state index contributed by atoms with van der Waals surface area (Å²) in [5.41, 5.74) is 4.88. The van der Waals surface area contributed by atoms with Gasteiger partial charge in [-0.05, 0) is 49.6 Å². The topological polar surface area (TPSA) is 66.5 Å². The van der Waals surface area contributed by atoms with Gasteiger partial charge in [0.25, 0.3) is 0 Å². The average Bonchev–Trinajstić information content (AvgIpc) is 2.51. The molecule has 0 saturated carbocycles. The van der Waals surface area contributed by atoms with Crippen molar-refractivity contribution in [2.45, 2.75) is 33.7 Å². The molecule has 26 heavy (non-hydrogen) atoms. The van der Waals surface area contributed by atoms with Gasteiger partial charge in [0, 0.05) is 25.2 Å². The van der Waals surface area contributed by atoms with Crippen molar-refractivity contribution in [1.82, 2.24) is 4.31 Å². The van der Waals surface area contributed by atoms with E-state index in [0.717, 1.165) is 27.9 Å². The van der Waals surface area contributed by atoms with Crippen LogP contribution >= 0.6 is 0 Å². The number of benzene rings is 2. The Kier molecular flexibility index (Phi) is 6.56. The van der Waals surface area contributed by atoms with Crippen molar-refractivity contribution in [2.24, 2.45) is 0 Å². The Balaban J connectivity index is 2.00. The molecule has 0 aliphatic rings. The summed E-state index contributed by atoms with van der Waals surface area (Å²) in [6.07, 6.45) is 1.27. The van der Waals surface area contributed by atoms with Gasteiger partial charge in [0.05, 0.1) is 6.26 Å². The first-order valence-corrected chi connectivity index (χ1v) is 10.4. The molecule has 0 saturated heterocycles. The molecule has 6 heteroatoms. The summed E-state index contributed by atoms with van der Waals surface area (Å²) in [6, 6.07) is 13.5. The Morgan fingerprint density at radius 2 is 1.54 bits per heavy atom. The van der Waals surface area contributed by atoms with E-state index in [0.29, 0.717) is 0 Å². The predicted molar refractivity (Wildman–Crippen MR) is 106 cm³/mol. The van der Waals surface area contributed by atoms with Crippen molar-refractivity contribution in [3.63, 3.8) is 0 Å². The number of aryl methyl sites for hydroxylation is 3. The van der Waals surface area contributed by atoms with E-state index in [1.807, 2.05) is 63.2 Å². The van der Waals surface area contributed by atoms with E-state index in [1.165, 1.54) is 10.6 Å². The first kappa shape index (κ1) is 20.1. The fourth-order valence-electron chi connectivity index (χ4n) is 2.76. The number of hydrogen-bond acceptors (Lipinski definition) is 3. The fourth-order valence-corrected chi connectivity index (χ4v) is 3.56. The molecular formula is C20H26N2O3S. The van der Waals surface area contributed by atoms with Crippen LogP contribution in [-0.2, 0) is 21.4 Å². The molecule has 2 aromatic carbocycles. The van der Waals surface area contributed by atoms with Crippen molar-refractivity contribution in [3.8, 4) is 0 Å². The highest BCUT2D eigenvalue weighted by Gasteiger charge is 2.18. The molecule has 1 N–H and O–H groups in total. The maximum Gasteiger partial charge on any atom is 0.225 e. The summed E-state index contributed by atoms with van der Waals surface area (Å²) in [7, 11) is -3.40. The first-order valence-electron chi connectivity index (χ1n) is 8.52. The van der Waals surface area contributed by atoms with Gasteiger partial charge in [-0.15, -0.1) is 0 Å². The van der Waals surface area contributed by atoms with Crippen LogP contribution in [0.25, 0.3) is 0 Å². The summed E-state index contributed by atoms with van der Waals surface area (Å²) < 4.78 is 25.4. The van der Waals surface area contributed by atoms with Crippen LogP contribution < -0.4 is 5.32 Å². The van der Waals surface area contributed by atoms with Crippen LogP contribution in [0.3, 0.4) is 0 Å². The monoisotopic (exact) mass is 374 g/mol. The van der Waals surface area contributed by atoms with Crippen molar-refractivity contribution < 1.29 is 13.2 Å². The molecule has 0 heterocycles. The molecule has 5 nitrogen and oxygen atoms in total. The second-order valence-corrected chi connectivity index (χ2v) is 8.74. The molecule has 0 aliphatic carbocycles. The number of anilines is 1. The average molecular weight is 375 g/mol. The van der Waals surface area contributed by atoms with E-state index in [9.17, 15) is 13.2 Å². The van der Waals surface area contributed by atoms with E-state index in [2.05, 4.69) is 5.32 Å². The van der Waals surface area contributed by atoms with Gasteiger partial charge in [-0.1, -0.05) is 35.9 Å². The summed E-state index contributed by atoms with van der Waals surface area (Å²) in [4.78, 5) is 12.2. The first-order chi connectivity index (χ1) is 12.1. The molecule has 0 unspecified atom stereocenters. The Labute approximate surface area is 156 Å². The predicted octanol–water partition coefficient (Wildman–Crippen LogP) is 3.40. The van der Waals surface area contributed by atoms with Crippen LogP contribution in [0.15, 0.2) is 42.5 Å². The number of hydrogen-bond donors (Lipinski definition) is 1. The molecule has 0 bridgehead atoms. The second-order valence-electron chi connectivity index (χ2n) is 6.76. The van der Waals surface area contributed by atoms with Crippen molar-refractivity contribution in [3.05, 3.63) is 64.7 Å². The Morgan fingerprint density at radius 3 is 2.08 bits per heavy atom. The van der Waals surface area contributed by atoms with Gasteiger partial charge in [0.2, 0.25) is 15.9 Å². The molecule has 1 amide bonds. The Bertz CT molecular complexity index is 854. The normalized spacial score (nSPS) is 11.6. The minimum absolute atomic E-state index is 0.103. The molecule has 0 radical (unpaired) electrons. The molecule has 0 fully saturated rings. The summed E-state index contributed by atoms with van der Waals surface area (Å²) in [5.74, 6) is -0.201.